The van der Waals surface area contributed by atoms with Crippen molar-refractivity contribution in [2.45, 2.75) is 19.3 Å². The number of nitriles is 1. The van der Waals surface area contributed by atoms with Crippen LogP contribution >= 0.6 is 0 Å². The van der Waals surface area contributed by atoms with Gasteiger partial charge >= 0.3 is 0 Å². The highest BCUT2D eigenvalue weighted by atomic mass is 14.7. The Balaban J connectivity index is 2.50. The molecule has 0 saturated carbocycles. The molecule has 3 nitrogen and oxygen atoms in total. The minimum Gasteiger partial charge on any atom is -0.361 e. The average molecular weight is 213 g/mol. The van der Waals surface area contributed by atoms with Crippen molar-refractivity contribution in [1.29, 1.82) is 5.26 Å². The number of fused-ring (bicyclic) bond motifs is 1. The van der Waals surface area contributed by atoms with Crippen molar-refractivity contribution in [2.75, 3.05) is 6.54 Å². The van der Waals surface area contributed by atoms with Crippen molar-refractivity contribution in [1.82, 2.24) is 4.98 Å². The molecule has 0 aliphatic carbocycles. The summed E-state index contributed by atoms with van der Waals surface area (Å²) >= 11 is 0. The molecular weight excluding hydrogens is 198 g/mol. The Bertz CT molecular complexity index is 534. The van der Waals surface area contributed by atoms with E-state index in [0.29, 0.717) is 18.0 Å². The summed E-state index contributed by atoms with van der Waals surface area (Å²) in [6.45, 7) is 2.85. The Morgan fingerprint density at radius 2 is 2.31 bits per heavy atom. The number of nitrogens with two attached hydrogens (primary N) is 1. The quantitative estimate of drug-likeness (QED) is 0.822. The van der Waals surface area contributed by atoms with Crippen molar-refractivity contribution in [2.24, 2.45) is 5.73 Å². The molecule has 1 aromatic heterocycles. The number of aromatic nitrogens is 1. The molecule has 2 rings (SSSR count). The van der Waals surface area contributed by atoms with Crippen LogP contribution in [0.5, 0.6) is 0 Å². The molecule has 0 saturated heterocycles. The van der Waals surface area contributed by atoms with Crippen LogP contribution in [0, 0.1) is 11.3 Å². The van der Waals surface area contributed by atoms with Gasteiger partial charge < -0.3 is 10.7 Å². The summed E-state index contributed by atoms with van der Waals surface area (Å²) in [5.74, 6) is 0.424. The van der Waals surface area contributed by atoms with Gasteiger partial charge in [-0.25, -0.2) is 0 Å². The first-order valence-electron chi connectivity index (χ1n) is 5.47. The van der Waals surface area contributed by atoms with Crippen LogP contribution in [0.3, 0.4) is 0 Å². The summed E-state index contributed by atoms with van der Waals surface area (Å²) in [4.78, 5) is 3.23. The van der Waals surface area contributed by atoms with E-state index >= 15 is 0 Å². The normalized spacial score (nSPS) is 12.6. The molecule has 0 spiro atoms. The summed E-state index contributed by atoms with van der Waals surface area (Å²) < 4.78 is 0. The summed E-state index contributed by atoms with van der Waals surface area (Å²) in [5.41, 5.74) is 8.60. The lowest BCUT2D eigenvalue weighted by Gasteiger charge is -2.08. The maximum absolute atomic E-state index is 8.89. The SMILES string of the molecule is CC(CCN)c1c[nH]c2ccc(C#N)cc12. The van der Waals surface area contributed by atoms with Crippen molar-refractivity contribution in [3.63, 3.8) is 0 Å². The van der Waals surface area contributed by atoms with Gasteiger partial charge in [-0.3, -0.25) is 0 Å². The molecular formula is C13H15N3. The van der Waals surface area contributed by atoms with Crippen molar-refractivity contribution < 1.29 is 0 Å². The van der Waals surface area contributed by atoms with Gasteiger partial charge in [0, 0.05) is 17.1 Å². The second-order valence-electron chi connectivity index (χ2n) is 4.09. The number of nitrogens with zero attached hydrogens (tertiary/aromatic N) is 1. The first-order valence-corrected chi connectivity index (χ1v) is 5.47. The van der Waals surface area contributed by atoms with Crippen LogP contribution in [0.4, 0.5) is 0 Å². The fourth-order valence-electron chi connectivity index (χ4n) is 2.02. The molecule has 2 aromatic rings. The van der Waals surface area contributed by atoms with Crippen LogP contribution in [0.25, 0.3) is 10.9 Å². The Hall–Kier alpha value is -1.79. The standard InChI is InChI=1S/C13H15N3/c1-9(4-5-14)12-8-16-13-3-2-10(7-15)6-11(12)13/h2-3,6,8-9,16H,4-5,14H2,1H3. The van der Waals surface area contributed by atoms with E-state index in [1.807, 2.05) is 24.4 Å². The van der Waals surface area contributed by atoms with Crippen LogP contribution in [-0.4, -0.2) is 11.5 Å². The van der Waals surface area contributed by atoms with E-state index in [4.69, 9.17) is 11.0 Å². The van der Waals surface area contributed by atoms with Crippen molar-refractivity contribution in [3.8, 4) is 6.07 Å². The lowest BCUT2D eigenvalue weighted by Crippen LogP contribution is -2.04. The van der Waals surface area contributed by atoms with Gasteiger partial charge in [0.1, 0.15) is 0 Å². The lowest BCUT2D eigenvalue weighted by atomic mass is 9.97. The molecule has 0 amide bonds. The van der Waals surface area contributed by atoms with Gasteiger partial charge in [-0.1, -0.05) is 6.92 Å². The minimum absolute atomic E-state index is 0.424. The third kappa shape index (κ3) is 1.80. The molecule has 82 valence electrons. The molecule has 0 fully saturated rings. The van der Waals surface area contributed by atoms with Gasteiger partial charge in [-0.2, -0.15) is 5.26 Å². The second kappa shape index (κ2) is 4.38. The number of benzene rings is 1. The fourth-order valence-corrected chi connectivity index (χ4v) is 2.02. The maximum Gasteiger partial charge on any atom is 0.0991 e. The van der Waals surface area contributed by atoms with E-state index in [2.05, 4.69) is 18.0 Å². The largest absolute Gasteiger partial charge is 0.361 e. The first-order chi connectivity index (χ1) is 7.76. The van der Waals surface area contributed by atoms with Gasteiger partial charge in [0.15, 0.2) is 0 Å². The van der Waals surface area contributed by atoms with E-state index < -0.39 is 0 Å². The average Bonchev–Trinajstić information content (AvgIpc) is 2.71. The zero-order chi connectivity index (χ0) is 11.5. The Morgan fingerprint density at radius 3 is 3.00 bits per heavy atom. The predicted octanol–water partition coefficient (Wildman–Crippen LogP) is 2.49. The van der Waals surface area contributed by atoms with Gasteiger partial charge in [0.2, 0.25) is 0 Å². The fraction of sp³-hybridized carbons (Fsp3) is 0.308. The molecule has 0 bridgehead atoms. The van der Waals surface area contributed by atoms with E-state index in [9.17, 15) is 0 Å². The first kappa shape index (κ1) is 10.7. The molecule has 1 unspecified atom stereocenters. The van der Waals surface area contributed by atoms with Crippen LogP contribution in [-0.2, 0) is 0 Å². The van der Waals surface area contributed by atoms with Gasteiger partial charge in [0.25, 0.3) is 0 Å². The number of H-pyrrole nitrogens is 1. The van der Waals surface area contributed by atoms with Crippen molar-refractivity contribution in [3.05, 3.63) is 35.5 Å². The van der Waals surface area contributed by atoms with Crippen LogP contribution in [0.2, 0.25) is 0 Å². The number of rotatable bonds is 3. The highest BCUT2D eigenvalue weighted by Crippen LogP contribution is 2.27. The van der Waals surface area contributed by atoms with E-state index in [0.717, 1.165) is 17.3 Å². The van der Waals surface area contributed by atoms with Gasteiger partial charge in [0.05, 0.1) is 11.6 Å². The Kier molecular flexibility index (Phi) is 2.93. The molecule has 0 aliphatic heterocycles. The molecule has 16 heavy (non-hydrogen) atoms. The smallest absolute Gasteiger partial charge is 0.0991 e. The summed E-state index contributed by atoms with van der Waals surface area (Å²) in [5, 5.41) is 10.0. The number of hydrogen-bond donors (Lipinski definition) is 2. The monoisotopic (exact) mass is 213 g/mol. The molecule has 0 aliphatic rings. The summed E-state index contributed by atoms with van der Waals surface area (Å²) in [7, 11) is 0. The molecule has 3 heteroatoms. The van der Waals surface area contributed by atoms with Crippen LogP contribution in [0.15, 0.2) is 24.4 Å². The topological polar surface area (TPSA) is 65.6 Å². The van der Waals surface area contributed by atoms with E-state index in [-0.39, 0.29) is 0 Å². The molecule has 1 atom stereocenters. The zero-order valence-corrected chi connectivity index (χ0v) is 9.33. The van der Waals surface area contributed by atoms with E-state index in [1.54, 1.807) is 0 Å². The Labute approximate surface area is 94.9 Å². The third-order valence-corrected chi connectivity index (χ3v) is 2.97. The summed E-state index contributed by atoms with van der Waals surface area (Å²) in [6.07, 6.45) is 2.98. The van der Waals surface area contributed by atoms with Gasteiger partial charge in [-0.15, -0.1) is 0 Å². The molecule has 0 radical (unpaired) electrons. The Morgan fingerprint density at radius 1 is 1.50 bits per heavy atom. The lowest BCUT2D eigenvalue weighted by molar-refractivity contribution is 0.695. The number of aromatic amines is 1. The minimum atomic E-state index is 0.424. The molecule has 1 aromatic carbocycles. The number of hydrogen-bond acceptors (Lipinski definition) is 2. The zero-order valence-electron chi connectivity index (χ0n) is 9.33. The van der Waals surface area contributed by atoms with Crippen LogP contribution in [0.1, 0.15) is 30.4 Å². The van der Waals surface area contributed by atoms with Crippen molar-refractivity contribution >= 4 is 10.9 Å². The van der Waals surface area contributed by atoms with Gasteiger partial charge in [-0.05, 0) is 42.6 Å². The predicted molar refractivity (Wildman–Crippen MR) is 65.1 cm³/mol. The van der Waals surface area contributed by atoms with E-state index in [1.165, 1.54) is 5.56 Å². The molecule has 1 heterocycles. The highest BCUT2D eigenvalue weighted by molar-refractivity contribution is 5.85. The van der Waals surface area contributed by atoms with Crippen LogP contribution < -0.4 is 5.73 Å². The third-order valence-electron chi connectivity index (χ3n) is 2.97. The molecule has 3 N–H and O–H groups in total. The maximum atomic E-state index is 8.89. The highest BCUT2D eigenvalue weighted by Gasteiger charge is 2.10. The second-order valence-corrected chi connectivity index (χ2v) is 4.09. The summed E-state index contributed by atoms with van der Waals surface area (Å²) in [6, 6.07) is 7.89. The number of nitrogens with one attached hydrogen (secondary N) is 1.